The average molecular weight is 1030 g/mol. The number of hydrogen-bond acceptors (Lipinski definition) is 0. The van der Waals surface area contributed by atoms with Gasteiger partial charge >= 0.3 is 371 Å². The zero-order valence-electron chi connectivity index (χ0n) is 33.4. The second-order valence-electron chi connectivity index (χ2n) is 16.4. The number of benzene rings is 6. The van der Waals surface area contributed by atoms with Gasteiger partial charge in [-0.2, -0.15) is 0 Å². The number of fused-ring (bicyclic) bond motifs is 2. The molecule has 331 valence electrons. The Balaban J connectivity index is 1.43. The molecule has 0 saturated carbocycles. The molecule has 0 N–H and O–H groups in total. The van der Waals surface area contributed by atoms with Crippen molar-refractivity contribution in [3.05, 3.63) is 189 Å². The summed E-state index contributed by atoms with van der Waals surface area (Å²) in [4.78, 5) is 0. The summed E-state index contributed by atoms with van der Waals surface area (Å²) in [5.74, 6) is -2.50. The summed E-state index contributed by atoms with van der Waals surface area (Å²) in [6.45, 7) is 3.93. The van der Waals surface area contributed by atoms with Crippen molar-refractivity contribution >= 4 is 46.2 Å². The van der Waals surface area contributed by atoms with E-state index in [9.17, 15) is 52.7 Å². The van der Waals surface area contributed by atoms with Crippen molar-refractivity contribution in [3.8, 4) is 22.3 Å². The standard InChI is InChI=1S/2C23H13F6.C2H7Si.2ClH.Zr/c2*24-22(25,26)18-10-17(11-19(13-18)23(27,28)29)20-8-4-7-15-9-16(12-21(15)20)14-5-2-1-3-6-14;1-3-2;;;/h2*1-13H;3H,1-2H3;2*1H;/q;;;;;+2/p-2. The molecule has 0 radical (unpaired) electrons. The predicted octanol–water partition coefficient (Wildman–Crippen LogP) is 17.0. The molecule has 2 atom stereocenters. The van der Waals surface area contributed by atoms with Gasteiger partial charge < -0.3 is 0 Å². The molecular formula is C48H33Cl2F12SiZr. The van der Waals surface area contributed by atoms with Gasteiger partial charge in [0.2, 0.25) is 0 Å². The van der Waals surface area contributed by atoms with E-state index in [0.29, 0.717) is 68.8 Å². The molecule has 0 saturated heterocycles. The Labute approximate surface area is 368 Å². The molecule has 0 aromatic heterocycles. The van der Waals surface area contributed by atoms with E-state index in [1.54, 1.807) is 84.9 Å². The maximum absolute atomic E-state index is 14.2. The first kappa shape index (κ1) is 46.2. The summed E-state index contributed by atoms with van der Waals surface area (Å²) >= 11 is -6.06. The molecule has 16 heteroatoms. The van der Waals surface area contributed by atoms with Crippen LogP contribution in [-0.4, -0.2) is 5.92 Å². The van der Waals surface area contributed by atoms with Gasteiger partial charge in [-0.3, -0.25) is 0 Å². The zero-order chi connectivity index (χ0) is 46.4. The van der Waals surface area contributed by atoms with Crippen LogP contribution in [0.5, 0.6) is 0 Å². The first-order valence-corrected chi connectivity index (χ1v) is 36.1. The topological polar surface area (TPSA) is 0 Å². The third-order valence-electron chi connectivity index (χ3n) is 12.3. The fourth-order valence-electron chi connectivity index (χ4n) is 9.31. The molecule has 0 nitrogen and oxygen atoms in total. The van der Waals surface area contributed by atoms with Gasteiger partial charge in [0.05, 0.1) is 0 Å². The van der Waals surface area contributed by atoms with Crippen LogP contribution in [0.2, 0.25) is 13.1 Å². The van der Waals surface area contributed by atoms with Crippen LogP contribution in [-0.2, 0) is 40.3 Å². The van der Waals surface area contributed by atoms with Gasteiger partial charge in [-0.15, -0.1) is 0 Å². The first-order chi connectivity index (χ1) is 29.8. The molecule has 0 spiro atoms. The molecule has 0 fully saturated rings. The molecule has 0 aliphatic heterocycles. The Morgan fingerprint density at radius 3 is 1.00 bits per heavy atom. The minimum atomic E-state index is -6.06. The van der Waals surface area contributed by atoms with Crippen molar-refractivity contribution in [1.82, 2.24) is 0 Å². The number of hydrogen-bond donors (Lipinski definition) is 0. The van der Waals surface area contributed by atoms with Gasteiger partial charge in [-0.05, 0) is 0 Å². The second-order valence-corrected chi connectivity index (χ2v) is 58.9. The number of halogens is 14. The van der Waals surface area contributed by atoms with Crippen LogP contribution in [0.25, 0.3) is 45.6 Å². The normalized spacial score (nSPS) is 17.4. The molecule has 0 bridgehead atoms. The monoisotopic (exact) mass is 1030 g/mol. The summed E-state index contributed by atoms with van der Waals surface area (Å²) in [7, 11) is 17.2. The van der Waals surface area contributed by atoms with Crippen molar-refractivity contribution in [3.63, 3.8) is 0 Å². The zero-order valence-corrected chi connectivity index (χ0v) is 38.5. The quantitative estimate of drug-likeness (QED) is 0.110. The first-order valence-electron chi connectivity index (χ1n) is 19.7. The van der Waals surface area contributed by atoms with E-state index in [1.165, 1.54) is 24.3 Å². The summed E-state index contributed by atoms with van der Waals surface area (Å²) in [6.07, 6.45) is -17.1. The van der Waals surface area contributed by atoms with Crippen LogP contribution in [0.1, 0.15) is 62.9 Å². The Morgan fingerprint density at radius 2 is 0.719 bits per heavy atom. The van der Waals surface area contributed by atoms with Gasteiger partial charge in [-0.25, -0.2) is 0 Å². The number of rotatable bonds is 7. The summed E-state index contributed by atoms with van der Waals surface area (Å²) in [6, 6.07) is 29.9. The fourth-order valence-corrected chi connectivity index (χ4v) is 39.4. The molecule has 64 heavy (non-hydrogen) atoms. The van der Waals surface area contributed by atoms with Crippen molar-refractivity contribution in [2.45, 2.75) is 45.1 Å². The summed E-state index contributed by atoms with van der Waals surface area (Å²) in [5, 5.41) is 0. The van der Waals surface area contributed by atoms with Crippen LogP contribution < -0.4 is 0 Å². The van der Waals surface area contributed by atoms with Crippen molar-refractivity contribution in [2.75, 3.05) is 0 Å². The molecule has 6 aromatic rings. The van der Waals surface area contributed by atoms with Crippen LogP contribution in [0.3, 0.4) is 0 Å². The SMILES string of the molecule is C[SiH](C)[Zr]([Cl])([Cl])([CH]1C(c2ccccc2)=Cc2c(-c3cc(C(F)(F)F)cc(C(F)(F)F)c3)cccc21)[CH]1C(c2ccccc2)=Cc2c(-c3cc(C(F)(F)F)cc(C(F)(F)F)c3)cccc21. The van der Waals surface area contributed by atoms with E-state index >= 15 is 0 Å². The van der Waals surface area contributed by atoms with E-state index in [-0.39, 0.29) is 34.4 Å². The molecule has 2 unspecified atom stereocenters. The van der Waals surface area contributed by atoms with Crippen molar-refractivity contribution in [1.29, 1.82) is 0 Å². The van der Waals surface area contributed by atoms with Crippen LogP contribution in [0.15, 0.2) is 133 Å². The Morgan fingerprint density at radius 1 is 0.406 bits per heavy atom. The van der Waals surface area contributed by atoms with E-state index < -0.39 is 75.7 Å². The summed E-state index contributed by atoms with van der Waals surface area (Å²) < 4.78 is 169. The average Bonchev–Trinajstić information content (AvgIpc) is 3.84. The van der Waals surface area contributed by atoms with E-state index in [2.05, 4.69) is 0 Å². The maximum atomic E-state index is 14.2. The third kappa shape index (κ3) is 8.04. The molecule has 6 aromatic carbocycles. The van der Waals surface area contributed by atoms with E-state index in [0.717, 1.165) is 0 Å². The minimum absolute atomic E-state index is 0.0611. The second kappa shape index (κ2) is 15.9. The van der Waals surface area contributed by atoms with Crippen molar-refractivity contribution in [2.24, 2.45) is 0 Å². The van der Waals surface area contributed by atoms with E-state index in [4.69, 9.17) is 17.0 Å². The van der Waals surface area contributed by atoms with Gasteiger partial charge in [-0.1, -0.05) is 0 Å². The van der Waals surface area contributed by atoms with E-state index in [1.807, 2.05) is 13.1 Å². The molecular weight excluding hydrogens is 995 g/mol. The summed E-state index contributed by atoms with van der Waals surface area (Å²) in [5.41, 5.74) is -2.53. The number of alkyl halides is 12. The molecule has 2 aliphatic carbocycles. The van der Waals surface area contributed by atoms with Crippen LogP contribution in [0.4, 0.5) is 52.7 Å². The molecule has 8 rings (SSSR count). The Bertz CT molecular complexity index is 2610. The van der Waals surface area contributed by atoms with Gasteiger partial charge in [0.15, 0.2) is 0 Å². The van der Waals surface area contributed by atoms with Gasteiger partial charge in [0, 0.05) is 0 Å². The van der Waals surface area contributed by atoms with Gasteiger partial charge in [0.1, 0.15) is 0 Å². The fraction of sp³-hybridized carbons (Fsp3) is 0.167. The van der Waals surface area contributed by atoms with Crippen molar-refractivity contribution < 1.29 is 68.2 Å². The Kier molecular flexibility index (Phi) is 11.5. The molecule has 0 heterocycles. The Hall–Kier alpha value is -4.36. The van der Waals surface area contributed by atoms with Crippen LogP contribution >= 0.6 is 17.0 Å². The van der Waals surface area contributed by atoms with Gasteiger partial charge in [0.25, 0.3) is 0 Å². The molecule has 0 amide bonds. The predicted molar refractivity (Wildman–Crippen MR) is 228 cm³/mol. The van der Waals surface area contributed by atoms with Crippen LogP contribution in [0, 0.1) is 0 Å². The molecule has 2 aliphatic rings. The number of allylic oxidation sites excluding steroid dienone is 2. The third-order valence-corrected chi connectivity index (χ3v) is 63.9.